The summed E-state index contributed by atoms with van der Waals surface area (Å²) in [4.78, 5) is 26.9. The maximum Gasteiger partial charge on any atom is 0.356 e. The molecule has 0 saturated heterocycles. The summed E-state index contributed by atoms with van der Waals surface area (Å²) >= 11 is 0. The lowest BCUT2D eigenvalue weighted by Gasteiger charge is -2.23. The molecule has 1 fully saturated rings. The van der Waals surface area contributed by atoms with Crippen LogP contribution in [0, 0.1) is 11.8 Å². The zero-order chi connectivity index (χ0) is 13.4. The summed E-state index contributed by atoms with van der Waals surface area (Å²) < 4.78 is 1.80. The second-order valence-corrected chi connectivity index (χ2v) is 5.42. The molecule has 0 radical (unpaired) electrons. The molecule has 1 unspecified atom stereocenters. The van der Waals surface area contributed by atoms with E-state index in [9.17, 15) is 9.59 Å². The van der Waals surface area contributed by atoms with Crippen molar-refractivity contribution >= 4 is 11.9 Å². The van der Waals surface area contributed by atoms with Crippen molar-refractivity contribution in [2.75, 3.05) is 6.54 Å². The third-order valence-corrected chi connectivity index (χ3v) is 3.93. The number of amides is 1. The van der Waals surface area contributed by atoms with Gasteiger partial charge in [-0.15, -0.1) is 0 Å². The highest BCUT2D eigenvalue weighted by molar-refractivity contribution is 5.87. The molecule has 0 spiro atoms. The van der Waals surface area contributed by atoms with Gasteiger partial charge in [0.05, 0.1) is 17.9 Å². The van der Waals surface area contributed by atoms with Crippen molar-refractivity contribution in [1.82, 2.24) is 14.9 Å². The fraction of sp³-hybridized carbons (Fsp3) is 0.615. The number of nitrogens with one attached hydrogen (secondary N) is 1. The van der Waals surface area contributed by atoms with Crippen LogP contribution in [0.1, 0.15) is 35.4 Å². The molecule has 1 aromatic heterocycles. The predicted octanol–water partition coefficient (Wildman–Crippen LogP) is 0.670. The van der Waals surface area contributed by atoms with Gasteiger partial charge in [0.15, 0.2) is 5.69 Å². The van der Waals surface area contributed by atoms with Crippen molar-refractivity contribution in [3.05, 3.63) is 17.7 Å². The number of aromatic nitrogens is 2. The van der Waals surface area contributed by atoms with Crippen molar-refractivity contribution in [2.24, 2.45) is 11.8 Å². The van der Waals surface area contributed by atoms with E-state index in [4.69, 9.17) is 5.11 Å². The molecule has 1 aromatic rings. The Hall–Kier alpha value is -1.85. The van der Waals surface area contributed by atoms with Gasteiger partial charge in [-0.1, -0.05) is 0 Å². The number of carboxylic acid groups (broad SMARTS) is 1. The number of rotatable bonds is 4. The van der Waals surface area contributed by atoms with Gasteiger partial charge in [-0.2, -0.15) is 0 Å². The Morgan fingerprint density at radius 2 is 2.21 bits per heavy atom. The third kappa shape index (κ3) is 2.47. The van der Waals surface area contributed by atoms with Crippen LogP contribution < -0.4 is 5.32 Å². The summed E-state index contributed by atoms with van der Waals surface area (Å²) in [5, 5.41) is 12.0. The molecule has 0 aromatic carbocycles. The van der Waals surface area contributed by atoms with E-state index in [1.54, 1.807) is 4.57 Å². The lowest BCUT2D eigenvalue weighted by molar-refractivity contribution is -0.126. The van der Waals surface area contributed by atoms with E-state index in [0.717, 1.165) is 12.2 Å². The van der Waals surface area contributed by atoms with Gasteiger partial charge < -0.3 is 15.0 Å². The standard InChI is InChI=1S/C13H17N3O3/c17-12(14-5-8-1-2-8)9-3-4-10-11(13(18)19)15-7-16(10)6-9/h7-9H,1-6H2,(H,14,17)(H,18,19). The second kappa shape index (κ2) is 4.68. The normalized spacial score (nSPS) is 21.8. The van der Waals surface area contributed by atoms with Crippen molar-refractivity contribution in [3.63, 3.8) is 0 Å². The van der Waals surface area contributed by atoms with Crippen molar-refractivity contribution in [3.8, 4) is 0 Å². The average molecular weight is 263 g/mol. The summed E-state index contributed by atoms with van der Waals surface area (Å²) in [6.45, 7) is 1.32. The molecule has 1 saturated carbocycles. The Labute approximate surface area is 110 Å². The molecule has 2 heterocycles. The van der Waals surface area contributed by atoms with E-state index in [1.165, 1.54) is 19.2 Å². The smallest absolute Gasteiger partial charge is 0.356 e. The highest BCUT2D eigenvalue weighted by Crippen LogP contribution is 2.28. The van der Waals surface area contributed by atoms with Crippen molar-refractivity contribution < 1.29 is 14.7 Å². The fourth-order valence-corrected chi connectivity index (χ4v) is 2.57. The molecule has 1 aliphatic carbocycles. The number of imidazole rings is 1. The lowest BCUT2D eigenvalue weighted by atomic mass is 9.96. The van der Waals surface area contributed by atoms with Gasteiger partial charge in [0.25, 0.3) is 0 Å². The first-order valence-corrected chi connectivity index (χ1v) is 6.70. The Kier molecular flexibility index (Phi) is 3.00. The number of carboxylic acids is 1. The number of hydrogen-bond acceptors (Lipinski definition) is 3. The first-order valence-electron chi connectivity index (χ1n) is 6.70. The number of aromatic carboxylic acids is 1. The van der Waals surface area contributed by atoms with Crippen LogP contribution in [0.2, 0.25) is 0 Å². The number of nitrogens with zero attached hydrogens (tertiary/aromatic N) is 2. The van der Waals surface area contributed by atoms with Crippen LogP contribution in [0.5, 0.6) is 0 Å². The minimum Gasteiger partial charge on any atom is -0.476 e. The first kappa shape index (κ1) is 12.2. The van der Waals surface area contributed by atoms with Gasteiger partial charge in [0.1, 0.15) is 0 Å². The summed E-state index contributed by atoms with van der Waals surface area (Å²) in [6, 6.07) is 0. The molecule has 6 heteroatoms. The quantitative estimate of drug-likeness (QED) is 0.836. The highest BCUT2D eigenvalue weighted by atomic mass is 16.4. The molecule has 1 aliphatic heterocycles. The molecule has 2 aliphatic rings. The Balaban J connectivity index is 1.64. The summed E-state index contributed by atoms with van der Waals surface area (Å²) in [6.07, 6.45) is 5.27. The number of carbonyl (C=O) groups excluding carboxylic acids is 1. The van der Waals surface area contributed by atoms with Crippen LogP contribution in [0.4, 0.5) is 0 Å². The zero-order valence-corrected chi connectivity index (χ0v) is 10.6. The van der Waals surface area contributed by atoms with E-state index < -0.39 is 5.97 Å². The Morgan fingerprint density at radius 1 is 1.42 bits per heavy atom. The van der Waals surface area contributed by atoms with Crippen LogP contribution >= 0.6 is 0 Å². The van der Waals surface area contributed by atoms with Crippen LogP contribution in [-0.4, -0.2) is 33.1 Å². The van der Waals surface area contributed by atoms with Crippen molar-refractivity contribution in [1.29, 1.82) is 0 Å². The largest absolute Gasteiger partial charge is 0.476 e. The van der Waals surface area contributed by atoms with E-state index in [-0.39, 0.29) is 17.5 Å². The Morgan fingerprint density at radius 3 is 2.89 bits per heavy atom. The minimum absolute atomic E-state index is 0.0675. The first-order chi connectivity index (χ1) is 9.15. The van der Waals surface area contributed by atoms with Gasteiger partial charge >= 0.3 is 5.97 Å². The molecule has 102 valence electrons. The van der Waals surface area contributed by atoms with E-state index in [2.05, 4.69) is 10.3 Å². The molecule has 3 rings (SSSR count). The lowest BCUT2D eigenvalue weighted by Crippen LogP contribution is -2.37. The zero-order valence-electron chi connectivity index (χ0n) is 10.6. The second-order valence-electron chi connectivity index (χ2n) is 5.42. The van der Waals surface area contributed by atoms with Gasteiger partial charge in [-0.25, -0.2) is 9.78 Å². The third-order valence-electron chi connectivity index (χ3n) is 3.93. The SMILES string of the molecule is O=C(O)c1ncn2c1CCC(C(=O)NCC1CC1)C2. The number of hydrogen-bond donors (Lipinski definition) is 2. The van der Waals surface area contributed by atoms with Gasteiger partial charge in [-0.3, -0.25) is 4.79 Å². The van der Waals surface area contributed by atoms with E-state index in [1.807, 2.05) is 0 Å². The van der Waals surface area contributed by atoms with E-state index in [0.29, 0.717) is 25.3 Å². The fourth-order valence-electron chi connectivity index (χ4n) is 2.57. The summed E-state index contributed by atoms with van der Waals surface area (Å²) in [5.74, 6) is -0.300. The van der Waals surface area contributed by atoms with Crippen LogP contribution in [0.25, 0.3) is 0 Å². The van der Waals surface area contributed by atoms with Crippen LogP contribution in [0.15, 0.2) is 6.33 Å². The van der Waals surface area contributed by atoms with Crippen LogP contribution in [-0.2, 0) is 17.8 Å². The monoisotopic (exact) mass is 263 g/mol. The van der Waals surface area contributed by atoms with Crippen molar-refractivity contribution in [2.45, 2.75) is 32.2 Å². The Bertz CT molecular complexity index is 519. The molecule has 19 heavy (non-hydrogen) atoms. The molecule has 1 amide bonds. The van der Waals surface area contributed by atoms with Gasteiger partial charge in [0.2, 0.25) is 5.91 Å². The van der Waals surface area contributed by atoms with E-state index >= 15 is 0 Å². The molecular formula is C13H17N3O3. The molecule has 0 bridgehead atoms. The summed E-state index contributed by atoms with van der Waals surface area (Å²) in [5.41, 5.74) is 0.857. The number of carbonyl (C=O) groups is 2. The molecule has 6 nitrogen and oxygen atoms in total. The minimum atomic E-state index is -0.995. The average Bonchev–Trinajstić information content (AvgIpc) is 3.12. The summed E-state index contributed by atoms with van der Waals surface area (Å²) in [7, 11) is 0. The molecule has 1 atom stereocenters. The highest BCUT2D eigenvalue weighted by Gasteiger charge is 2.29. The topological polar surface area (TPSA) is 84.2 Å². The van der Waals surface area contributed by atoms with Gasteiger partial charge in [0, 0.05) is 13.1 Å². The molecular weight excluding hydrogens is 246 g/mol. The predicted molar refractivity (Wildman–Crippen MR) is 66.7 cm³/mol. The maximum absolute atomic E-state index is 12.0. The van der Waals surface area contributed by atoms with Crippen LogP contribution in [0.3, 0.4) is 0 Å². The van der Waals surface area contributed by atoms with Gasteiger partial charge in [-0.05, 0) is 31.6 Å². The molecule has 2 N–H and O–H groups in total. The maximum atomic E-state index is 12.0. The number of fused-ring (bicyclic) bond motifs is 1.